The van der Waals surface area contributed by atoms with E-state index in [-0.39, 0.29) is 5.91 Å². The average Bonchev–Trinajstić information content (AvgIpc) is 2.47. The maximum absolute atomic E-state index is 12.1. The van der Waals surface area contributed by atoms with Gasteiger partial charge in [0.05, 0.1) is 6.54 Å². The lowest BCUT2D eigenvalue weighted by atomic mass is 10.2. The van der Waals surface area contributed by atoms with Crippen LogP contribution in [-0.2, 0) is 11.2 Å². The van der Waals surface area contributed by atoms with E-state index in [0.717, 1.165) is 39.1 Å². The minimum atomic E-state index is 0.200. The van der Waals surface area contributed by atoms with Crippen molar-refractivity contribution in [2.45, 2.75) is 6.42 Å². The normalized spacial score (nSPS) is 16.3. The van der Waals surface area contributed by atoms with Gasteiger partial charge in [0.2, 0.25) is 5.91 Å². The van der Waals surface area contributed by atoms with Crippen LogP contribution < -0.4 is 5.32 Å². The number of aromatic nitrogens is 1. The average molecular weight is 262 g/mol. The first-order valence-corrected chi connectivity index (χ1v) is 6.81. The van der Waals surface area contributed by atoms with E-state index < -0.39 is 0 Å². The van der Waals surface area contributed by atoms with Crippen LogP contribution in [0.3, 0.4) is 0 Å². The molecule has 1 aliphatic rings. The van der Waals surface area contributed by atoms with Gasteiger partial charge < -0.3 is 10.2 Å². The van der Waals surface area contributed by atoms with Crippen molar-refractivity contribution in [3.8, 4) is 0 Å². The fourth-order valence-electron chi connectivity index (χ4n) is 2.15. The number of nitrogens with zero attached hydrogens (tertiary/aromatic N) is 3. The van der Waals surface area contributed by atoms with Crippen molar-refractivity contribution in [2.75, 3.05) is 46.3 Å². The highest BCUT2D eigenvalue weighted by Crippen LogP contribution is 2.00. The van der Waals surface area contributed by atoms with Crippen molar-refractivity contribution < 1.29 is 4.79 Å². The van der Waals surface area contributed by atoms with Crippen LogP contribution in [0, 0.1) is 0 Å². The molecular weight excluding hydrogens is 240 g/mol. The lowest BCUT2D eigenvalue weighted by Crippen LogP contribution is -2.48. The number of likely N-dealkylation sites (N-methyl/N-ethyl adjacent to an activating group) is 1. The molecule has 19 heavy (non-hydrogen) atoms. The highest BCUT2D eigenvalue weighted by molar-refractivity contribution is 5.78. The molecule has 0 aromatic carbocycles. The topological polar surface area (TPSA) is 48.5 Å². The molecule has 1 fully saturated rings. The first kappa shape index (κ1) is 14.0. The number of hydrogen-bond donors (Lipinski definition) is 1. The van der Waals surface area contributed by atoms with Crippen molar-refractivity contribution in [1.82, 2.24) is 20.1 Å². The van der Waals surface area contributed by atoms with Gasteiger partial charge in [-0.2, -0.15) is 0 Å². The summed E-state index contributed by atoms with van der Waals surface area (Å²) in [5.41, 5.74) is 1.17. The molecule has 0 unspecified atom stereocenters. The van der Waals surface area contributed by atoms with E-state index >= 15 is 0 Å². The Bertz CT molecular complexity index is 390. The molecule has 1 aliphatic heterocycles. The monoisotopic (exact) mass is 262 g/mol. The van der Waals surface area contributed by atoms with Crippen LogP contribution in [0.25, 0.3) is 0 Å². The molecule has 0 bridgehead atoms. The van der Waals surface area contributed by atoms with E-state index in [2.05, 4.69) is 15.2 Å². The first-order chi connectivity index (χ1) is 9.25. The smallest absolute Gasteiger partial charge is 0.236 e. The summed E-state index contributed by atoms with van der Waals surface area (Å²) in [5, 5.41) is 3.29. The number of pyridine rings is 1. The maximum atomic E-state index is 12.1. The molecule has 0 atom stereocenters. The summed E-state index contributed by atoms with van der Waals surface area (Å²) in [4.78, 5) is 20.2. The zero-order chi connectivity index (χ0) is 13.5. The Labute approximate surface area is 114 Å². The molecular formula is C14H22N4O. The Morgan fingerprint density at radius 2 is 2.26 bits per heavy atom. The van der Waals surface area contributed by atoms with E-state index in [1.807, 2.05) is 30.3 Å². The molecule has 1 aromatic rings. The summed E-state index contributed by atoms with van der Waals surface area (Å²) < 4.78 is 0. The largest absolute Gasteiger partial charge is 0.344 e. The molecule has 5 nitrogen and oxygen atoms in total. The number of carbonyl (C=O) groups is 1. The molecule has 104 valence electrons. The molecule has 1 amide bonds. The summed E-state index contributed by atoms with van der Waals surface area (Å²) >= 11 is 0. The van der Waals surface area contributed by atoms with Crippen LogP contribution in [0.2, 0.25) is 0 Å². The minimum Gasteiger partial charge on any atom is -0.344 e. The predicted octanol–water partition coefficient (Wildman–Crippen LogP) is -0.0123. The Morgan fingerprint density at radius 1 is 1.47 bits per heavy atom. The molecule has 0 saturated carbocycles. The highest BCUT2D eigenvalue weighted by atomic mass is 16.2. The Kier molecular flexibility index (Phi) is 5.30. The van der Waals surface area contributed by atoms with Gasteiger partial charge in [-0.15, -0.1) is 0 Å². The summed E-state index contributed by atoms with van der Waals surface area (Å²) in [7, 11) is 1.88. The molecule has 5 heteroatoms. The Morgan fingerprint density at radius 3 is 2.95 bits per heavy atom. The van der Waals surface area contributed by atoms with Gasteiger partial charge in [0, 0.05) is 52.2 Å². The molecule has 0 aliphatic carbocycles. The van der Waals surface area contributed by atoms with Crippen molar-refractivity contribution >= 4 is 5.91 Å². The zero-order valence-corrected chi connectivity index (χ0v) is 11.5. The second kappa shape index (κ2) is 7.21. The van der Waals surface area contributed by atoms with E-state index in [9.17, 15) is 4.79 Å². The highest BCUT2D eigenvalue weighted by Gasteiger charge is 2.16. The quantitative estimate of drug-likeness (QED) is 0.811. The molecule has 1 N–H and O–H groups in total. The van der Waals surface area contributed by atoms with Gasteiger partial charge in [-0.1, -0.05) is 6.07 Å². The maximum Gasteiger partial charge on any atom is 0.236 e. The molecule has 1 aromatic heterocycles. The molecule has 0 radical (unpaired) electrons. The third-order valence-corrected chi connectivity index (χ3v) is 3.45. The summed E-state index contributed by atoms with van der Waals surface area (Å²) in [6.07, 6.45) is 4.48. The van der Waals surface area contributed by atoms with E-state index in [1.165, 1.54) is 5.56 Å². The number of piperazine rings is 1. The number of rotatable bonds is 5. The van der Waals surface area contributed by atoms with Crippen molar-refractivity contribution in [1.29, 1.82) is 0 Å². The van der Waals surface area contributed by atoms with Gasteiger partial charge in [-0.3, -0.25) is 14.7 Å². The number of amides is 1. The SMILES string of the molecule is CN(CCc1cccnc1)C(=O)CN1CCNCC1. The van der Waals surface area contributed by atoms with Crippen molar-refractivity contribution in [3.63, 3.8) is 0 Å². The van der Waals surface area contributed by atoms with Crippen LogP contribution in [0.15, 0.2) is 24.5 Å². The summed E-state index contributed by atoms with van der Waals surface area (Å²) in [6.45, 7) is 5.16. The molecule has 1 saturated heterocycles. The van der Waals surface area contributed by atoms with E-state index in [0.29, 0.717) is 6.54 Å². The second-order valence-electron chi connectivity index (χ2n) is 4.95. The third-order valence-electron chi connectivity index (χ3n) is 3.45. The van der Waals surface area contributed by atoms with Gasteiger partial charge >= 0.3 is 0 Å². The van der Waals surface area contributed by atoms with Crippen LogP contribution in [0.5, 0.6) is 0 Å². The third kappa shape index (κ3) is 4.61. The Balaban J connectivity index is 1.72. The van der Waals surface area contributed by atoms with Crippen molar-refractivity contribution in [3.05, 3.63) is 30.1 Å². The van der Waals surface area contributed by atoms with E-state index in [4.69, 9.17) is 0 Å². The minimum absolute atomic E-state index is 0.200. The van der Waals surface area contributed by atoms with Gasteiger partial charge in [0.15, 0.2) is 0 Å². The van der Waals surface area contributed by atoms with Crippen LogP contribution in [0.1, 0.15) is 5.56 Å². The van der Waals surface area contributed by atoms with E-state index in [1.54, 1.807) is 6.20 Å². The zero-order valence-electron chi connectivity index (χ0n) is 11.5. The van der Waals surface area contributed by atoms with Crippen LogP contribution in [0.4, 0.5) is 0 Å². The number of carbonyl (C=O) groups excluding carboxylic acids is 1. The molecule has 2 rings (SSSR count). The van der Waals surface area contributed by atoms with Gasteiger partial charge in [-0.25, -0.2) is 0 Å². The second-order valence-corrected chi connectivity index (χ2v) is 4.95. The standard InChI is InChI=1S/C14H22N4O/c1-17(8-4-13-3-2-5-16-11-13)14(19)12-18-9-6-15-7-10-18/h2-3,5,11,15H,4,6-10,12H2,1H3. The first-order valence-electron chi connectivity index (χ1n) is 6.81. The number of nitrogens with one attached hydrogen (secondary N) is 1. The van der Waals surface area contributed by atoms with Gasteiger partial charge in [0.1, 0.15) is 0 Å². The lowest BCUT2D eigenvalue weighted by Gasteiger charge is -2.28. The van der Waals surface area contributed by atoms with Gasteiger partial charge in [0.25, 0.3) is 0 Å². The summed E-state index contributed by atoms with van der Waals surface area (Å²) in [6, 6.07) is 3.97. The van der Waals surface area contributed by atoms with Gasteiger partial charge in [-0.05, 0) is 18.1 Å². The molecule has 2 heterocycles. The summed E-state index contributed by atoms with van der Waals surface area (Å²) in [5.74, 6) is 0.200. The fraction of sp³-hybridized carbons (Fsp3) is 0.571. The predicted molar refractivity (Wildman–Crippen MR) is 74.9 cm³/mol. The Hall–Kier alpha value is -1.46. The number of hydrogen-bond acceptors (Lipinski definition) is 4. The van der Waals surface area contributed by atoms with Crippen LogP contribution >= 0.6 is 0 Å². The lowest BCUT2D eigenvalue weighted by molar-refractivity contribution is -0.131. The fourth-order valence-corrected chi connectivity index (χ4v) is 2.15. The van der Waals surface area contributed by atoms with Crippen molar-refractivity contribution in [2.24, 2.45) is 0 Å². The van der Waals surface area contributed by atoms with Crippen LogP contribution in [-0.4, -0.2) is 67.0 Å². The molecule has 0 spiro atoms.